The lowest BCUT2D eigenvalue weighted by molar-refractivity contribution is 0.367. The quantitative estimate of drug-likeness (QED) is 0.648. The number of allylic oxidation sites excluding steroid dienone is 1. The summed E-state index contributed by atoms with van der Waals surface area (Å²) in [5, 5.41) is 0. The van der Waals surface area contributed by atoms with Gasteiger partial charge in [0.25, 0.3) is 0 Å². The Morgan fingerprint density at radius 2 is 2.00 bits per heavy atom. The van der Waals surface area contributed by atoms with Crippen LogP contribution in [0.2, 0.25) is 0 Å². The molecule has 0 aromatic heterocycles. The molecule has 0 aliphatic rings. The van der Waals surface area contributed by atoms with Crippen LogP contribution < -0.4 is 0 Å². The second-order valence-corrected chi connectivity index (χ2v) is 5.15. The molecule has 3 nitrogen and oxygen atoms in total. The van der Waals surface area contributed by atoms with Crippen LogP contribution in [0.4, 0.5) is 0 Å². The fraction of sp³-hybridized carbons (Fsp3) is 0.385. The molecule has 4 heteroatoms. The van der Waals surface area contributed by atoms with Crippen molar-refractivity contribution in [3.63, 3.8) is 0 Å². The minimum Gasteiger partial charge on any atom is -0.496 e. The molecule has 0 spiro atoms. The van der Waals surface area contributed by atoms with E-state index in [0.717, 1.165) is 17.7 Å². The number of hydrogen-bond acceptors (Lipinski definition) is 2. The average Bonchev–Trinajstić information content (AvgIpc) is 2.30. The molecular weight excluding hydrogens is 236 g/mol. The van der Waals surface area contributed by atoms with Crippen LogP contribution in [0.25, 0.3) is 5.76 Å². The Morgan fingerprint density at radius 3 is 2.41 bits per heavy atom. The summed E-state index contributed by atoms with van der Waals surface area (Å²) < 4.78 is 25.1. The molecule has 0 bridgehead atoms. The highest BCUT2D eigenvalue weighted by atomic mass is 32.2. The number of benzene rings is 1. The van der Waals surface area contributed by atoms with Crippen LogP contribution in [0.15, 0.2) is 35.2 Å². The summed E-state index contributed by atoms with van der Waals surface area (Å²) in [6.07, 6.45) is 2.98. The zero-order valence-corrected chi connectivity index (χ0v) is 11.2. The van der Waals surface area contributed by atoms with Crippen molar-refractivity contribution in [1.29, 1.82) is 0 Å². The molecule has 0 saturated carbocycles. The molecule has 0 aliphatic heterocycles. The van der Waals surface area contributed by atoms with Crippen molar-refractivity contribution in [2.24, 2.45) is 5.92 Å². The van der Waals surface area contributed by atoms with Gasteiger partial charge in [-0.25, -0.2) is 4.21 Å². The summed E-state index contributed by atoms with van der Waals surface area (Å²) in [4.78, 5) is 0.396. The van der Waals surface area contributed by atoms with E-state index in [1.165, 1.54) is 0 Å². The van der Waals surface area contributed by atoms with Crippen molar-refractivity contribution < 1.29 is 13.5 Å². The molecule has 0 heterocycles. The van der Waals surface area contributed by atoms with E-state index in [2.05, 4.69) is 13.8 Å². The Morgan fingerprint density at radius 1 is 1.41 bits per heavy atom. The highest BCUT2D eigenvalue weighted by Gasteiger charge is 2.04. The van der Waals surface area contributed by atoms with Crippen LogP contribution >= 0.6 is 0 Å². The topological polar surface area (TPSA) is 46.5 Å². The summed E-state index contributed by atoms with van der Waals surface area (Å²) >= 11 is -1.92. The van der Waals surface area contributed by atoms with Gasteiger partial charge in [-0.3, -0.25) is 0 Å². The van der Waals surface area contributed by atoms with Gasteiger partial charge in [-0.05, 0) is 42.7 Å². The fourth-order valence-corrected chi connectivity index (χ4v) is 1.77. The van der Waals surface area contributed by atoms with Crippen molar-refractivity contribution in [2.45, 2.75) is 25.2 Å². The molecule has 1 N–H and O–H groups in total. The van der Waals surface area contributed by atoms with Gasteiger partial charge in [-0.1, -0.05) is 13.8 Å². The van der Waals surface area contributed by atoms with Gasteiger partial charge >= 0.3 is 0 Å². The van der Waals surface area contributed by atoms with Crippen molar-refractivity contribution in [2.75, 3.05) is 7.11 Å². The summed E-state index contributed by atoms with van der Waals surface area (Å²) in [6, 6.07) is 6.85. The first-order chi connectivity index (χ1) is 8.04. The van der Waals surface area contributed by atoms with E-state index in [-0.39, 0.29) is 0 Å². The van der Waals surface area contributed by atoms with Crippen LogP contribution in [0, 0.1) is 5.92 Å². The standard InChI is InChI=1S/C13H18O3S/c1-10(2)4-9-13(16-3)11-5-7-12(8-6-11)17(14)15/h5-10H,4H2,1-3H3,(H,14,15)/b13-9+. The first-order valence-corrected chi connectivity index (χ1v) is 6.60. The number of rotatable bonds is 5. The molecule has 1 aromatic rings. The third-order valence-corrected chi connectivity index (χ3v) is 3.01. The highest BCUT2D eigenvalue weighted by molar-refractivity contribution is 7.79. The first-order valence-electron chi connectivity index (χ1n) is 5.50. The predicted octanol–water partition coefficient (Wildman–Crippen LogP) is 3.30. The molecule has 0 radical (unpaired) electrons. The van der Waals surface area contributed by atoms with Gasteiger partial charge < -0.3 is 9.29 Å². The number of hydrogen-bond donors (Lipinski definition) is 1. The molecule has 0 saturated heterocycles. The fourth-order valence-electron chi connectivity index (χ4n) is 1.40. The second kappa shape index (κ2) is 6.57. The van der Waals surface area contributed by atoms with E-state index in [1.54, 1.807) is 31.4 Å². The highest BCUT2D eigenvalue weighted by Crippen LogP contribution is 2.19. The largest absolute Gasteiger partial charge is 0.496 e. The van der Waals surface area contributed by atoms with Gasteiger partial charge in [0.2, 0.25) is 0 Å². The molecular formula is C13H18O3S. The molecule has 1 aromatic carbocycles. The minimum atomic E-state index is -1.92. The number of ether oxygens (including phenoxy) is 1. The van der Waals surface area contributed by atoms with Crippen molar-refractivity contribution in [3.8, 4) is 0 Å². The van der Waals surface area contributed by atoms with Crippen LogP contribution in [-0.4, -0.2) is 15.9 Å². The lowest BCUT2D eigenvalue weighted by Gasteiger charge is -2.08. The molecule has 0 fully saturated rings. The summed E-state index contributed by atoms with van der Waals surface area (Å²) in [5.41, 5.74) is 0.919. The normalized spacial score (nSPS) is 13.8. The SMILES string of the molecule is CO/C(=C/CC(C)C)c1ccc(S(=O)O)cc1. The van der Waals surface area contributed by atoms with Crippen LogP contribution in [-0.2, 0) is 15.8 Å². The van der Waals surface area contributed by atoms with Gasteiger partial charge in [0.15, 0.2) is 11.1 Å². The monoisotopic (exact) mass is 254 g/mol. The van der Waals surface area contributed by atoms with Crippen LogP contribution in [0.5, 0.6) is 0 Å². The summed E-state index contributed by atoms with van der Waals surface area (Å²) in [5.74, 6) is 1.37. The van der Waals surface area contributed by atoms with Crippen molar-refractivity contribution in [3.05, 3.63) is 35.9 Å². The Bertz CT molecular complexity index is 407. The predicted molar refractivity (Wildman–Crippen MR) is 69.9 cm³/mol. The van der Waals surface area contributed by atoms with Crippen LogP contribution in [0.3, 0.4) is 0 Å². The Kier molecular flexibility index (Phi) is 5.38. The maximum Gasteiger partial charge on any atom is 0.186 e. The van der Waals surface area contributed by atoms with Crippen molar-refractivity contribution >= 4 is 16.8 Å². The lowest BCUT2D eigenvalue weighted by atomic mass is 10.1. The molecule has 17 heavy (non-hydrogen) atoms. The van der Waals surface area contributed by atoms with E-state index < -0.39 is 11.1 Å². The van der Waals surface area contributed by atoms with Gasteiger partial charge in [0, 0.05) is 5.56 Å². The molecule has 94 valence electrons. The number of methoxy groups -OCH3 is 1. The van der Waals surface area contributed by atoms with E-state index >= 15 is 0 Å². The zero-order chi connectivity index (χ0) is 12.8. The zero-order valence-electron chi connectivity index (χ0n) is 10.3. The summed E-state index contributed by atoms with van der Waals surface area (Å²) in [7, 11) is 1.63. The maximum atomic E-state index is 10.8. The molecule has 1 unspecified atom stereocenters. The molecule has 1 rings (SSSR count). The first kappa shape index (κ1) is 13.9. The maximum absolute atomic E-state index is 10.8. The van der Waals surface area contributed by atoms with Gasteiger partial charge in [0.05, 0.1) is 12.0 Å². The summed E-state index contributed by atoms with van der Waals surface area (Å²) in [6.45, 7) is 4.28. The van der Waals surface area contributed by atoms with Gasteiger partial charge in [-0.2, -0.15) is 0 Å². The third kappa shape index (κ3) is 4.32. The third-order valence-electron chi connectivity index (χ3n) is 2.34. The van der Waals surface area contributed by atoms with E-state index in [1.807, 2.05) is 6.08 Å². The minimum absolute atomic E-state index is 0.396. The second-order valence-electron chi connectivity index (χ2n) is 4.18. The smallest absolute Gasteiger partial charge is 0.186 e. The Balaban J connectivity index is 2.89. The lowest BCUT2D eigenvalue weighted by Crippen LogP contribution is -1.92. The Labute approximate surface area is 105 Å². The van der Waals surface area contributed by atoms with Crippen molar-refractivity contribution in [1.82, 2.24) is 0 Å². The molecule has 1 atom stereocenters. The molecule has 0 amide bonds. The van der Waals surface area contributed by atoms with Gasteiger partial charge in [-0.15, -0.1) is 0 Å². The van der Waals surface area contributed by atoms with E-state index in [9.17, 15) is 4.21 Å². The van der Waals surface area contributed by atoms with E-state index in [0.29, 0.717) is 10.8 Å². The van der Waals surface area contributed by atoms with Gasteiger partial charge in [0.1, 0.15) is 5.76 Å². The Hall–Kier alpha value is -1.13. The molecule has 0 aliphatic carbocycles. The average molecular weight is 254 g/mol. The van der Waals surface area contributed by atoms with E-state index in [4.69, 9.17) is 9.29 Å². The van der Waals surface area contributed by atoms with Crippen LogP contribution in [0.1, 0.15) is 25.8 Å².